The summed E-state index contributed by atoms with van der Waals surface area (Å²) >= 11 is 0. The standard InChI is InChI=1S/C12H15N5O5/c1-4(18)12-2-21-6(7(12)19)10(22-12)17-3-14-5-8(17)15-11(13)16-9(5)20/h3-4,6-7,10,18-19H,2H2,1H3,(H3,13,15,16,20)/t4?,6-,7+,10-,12-/m1/s1. The number of ether oxygens (including phenoxy) is 2. The average Bonchev–Trinajstić information content (AvgIpc) is 3.09. The van der Waals surface area contributed by atoms with Gasteiger partial charge < -0.3 is 25.4 Å². The monoisotopic (exact) mass is 309 g/mol. The van der Waals surface area contributed by atoms with Crippen LogP contribution < -0.4 is 11.3 Å². The van der Waals surface area contributed by atoms with Gasteiger partial charge in [0.05, 0.1) is 19.0 Å². The van der Waals surface area contributed by atoms with Gasteiger partial charge in [0.2, 0.25) is 5.95 Å². The molecule has 0 radical (unpaired) electrons. The van der Waals surface area contributed by atoms with E-state index < -0.39 is 35.7 Å². The van der Waals surface area contributed by atoms with Gasteiger partial charge in [-0.2, -0.15) is 4.98 Å². The summed E-state index contributed by atoms with van der Waals surface area (Å²) in [4.78, 5) is 22.2. The van der Waals surface area contributed by atoms with E-state index in [0.717, 1.165) is 0 Å². The van der Waals surface area contributed by atoms with Gasteiger partial charge in [0, 0.05) is 0 Å². The summed E-state index contributed by atoms with van der Waals surface area (Å²) in [5.74, 6) is -0.0471. The molecule has 1 unspecified atom stereocenters. The van der Waals surface area contributed by atoms with Crippen molar-refractivity contribution < 1.29 is 19.7 Å². The normalized spacial score (nSPS) is 35.3. The summed E-state index contributed by atoms with van der Waals surface area (Å²) in [6.45, 7) is 1.63. The van der Waals surface area contributed by atoms with Crippen molar-refractivity contribution in [3.05, 3.63) is 16.7 Å². The number of anilines is 1. The van der Waals surface area contributed by atoms with Crippen LogP contribution in [0.5, 0.6) is 0 Å². The van der Waals surface area contributed by atoms with Gasteiger partial charge >= 0.3 is 0 Å². The summed E-state index contributed by atoms with van der Waals surface area (Å²) in [7, 11) is 0. The molecule has 5 N–H and O–H groups in total. The Hall–Kier alpha value is -2.01. The average molecular weight is 309 g/mol. The van der Waals surface area contributed by atoms with Crippen molar-refractivity contribution in [2.45, 2.75) is 37.1 Å². The van der Waals surface area contributed by atoms with Crippen LogP contribution in [0.1, 0.15) is 13.2 Å². The van der Waals surface area contributed by atoms with Gasteiger partial charge in [-0.25, -0.2) is 4.98 Å². The number of aromatic nitrogens is 4. The Morgan fingerprint density at radius 1 is 1.64 bits per heavy atom. The van der Waals surface area contributed by atoms with Crippen molar-refractivity contribution in [3.8, 4) is 0 Å². The number of fused-ring (bicyclic) bond motifs is 3. The number of hydrogen-bond acceptors (Lipinski definition) is 8. The fraction of sp³-hybridized carbons (Fsp3) is 0.583. The van der Waals surface area contributed by atoms with Crippen LogP contribution in [0.15, 0.2) is 11.1 Å². The lowest BCUT2D eigenvalue weighted by molar-refractivity contribution is -0.204. The molecule has 2 aromatic rings. The molecule has 2 fully saturated rings. The summed E-state index contributed by atoms with van der Waals surface area (Å²) in [6, 6.07) is 0. The second-order valence-electron chi connectivity index (χ2n) is 5.64. The maximum atomic E-state index is 11.8. The quantitative estimate of drug-likeness (QED) is 0.503. The molecule has 0 aromatic carbocycles. The molecule has 118 valence electrons. The fourth-order valence-corrected chi connectivity index (χ4v) is 3.13. The first kappa shape index (κ1) is 13.6. The van der Waals surface area contributed by atoms with Crippen LogP contribution in [-0.2, 0) is 9.47 Å². The number of nitrogen functional groups attached to an aromatic ring is 1. The van der Waals surface area contributed by atoms with E-state index in [1.165, 1.54) is 17.8 Å². The van der Waals surface area contributed by atoms with Gasteiger partial charge in [-0.15, -0.1) is 0 Å². The molecular weight excluding hydrogens is 294 g/mol. The largest absolute Gasteiger partial charge is 0.390 e. The van der Waals surface area contributed by atoms with Crippen LogP contribution in [0.25, 0.3) is 11.2 Å². The van der Waals surface area contributed by atoms with E-state index in [9.17, 15) is 15.0 Å². The number of nitrogens with one attached hydrogen (secondary N) is 1. The smallest absolute Gasteiger partial charge is 0.280 e. The first-order valence-corrected chi connectivity index (χ1v) is 6.82. The van der Waals surface area contributed by atoms with Crippen molar-refractivity contribution in [2.24, 2.45) is 0 Å². The lowest BCUT2D eigenvalue weighted by atomic mass is 9.94. The summed E-state index contributed by atoms with van der Waals surface area (Å²) in [6.07, 6.45) is -1.97. The van der Waals surface area contributed by atoms with Crippen molar-refractivity contribution in [1.82, 2.24) is 19.5 Å². The molecule has 2 saturated heterocycles. The van der Waals surface area contributed by atoms with Crippen LogP contribution in [0.4, 0.5) is 5.95 Å². The van der Waals surface area contributed by atoms with Crippen molar-refractivity contribution in [2.75, 3.05) is 12.3 Å². The lowest BCUT2D eigenvalue weighted by Crippen LogP contribution is -2.49. The lowest BCUT2D eigenvalue weighted by Gasteiger charge is -2.33. The predicted molar refractivity (Wildman–Crippen MR) is 72.8 cm³/mol. The zero-order chi connectivity index (χ0) is 15.6. The molecule has 0 amide bonds. The van der Waals surface area contributed by atoms with Crippen LogP contribution in [0.2, 0.25) is 0 Å². The van der Waals surface area contributed by atoms with Gasteiger partial charge in [-0.3, -0.25) is 14.3 Å². The first-order valence-electron chi connectivity index (χ1n) is 6.82. The van der Waals surface area contributed by atoms with E-state index in [1.807, 2.05) is 0 Å². The highest BCUT2D eigenvalue weighted by Crippen LogP contribution is 2.47. The van der Waals surface area contributed by atoms with Crippen LogP contribution in [0, 0.1) is 0 Å². The van der Waals surface area contributed by atoms with Gasteiger partial charge in [-0.1, -0.05) is 0 Å². The third kappa shape index (κ3) is 1.54. The maximum absolute atomic E-state index is 11.8. The minimum Gasteiger partial charge on any atom is -0.390 e. The molecule has 4 heterocycles. The molecule has 0 spiro atoms. The zero-order valence-electron chi connectivity index (χ0n) is 11.6. The number of hydrogen-bond donors (Lipinski definition) is 4. The molecule has 2 aromatic heterocycles. The Bertz CT molecular complexity index is 801. The second-order valence-corrected chi connectivity index (χ2v) is 5.64. The highest BCUT2D eigenvalue weighted by atomic mass is 16.7. The number of nitrogens with zero attached hydrogens (tertiary/aromatic N) is 3. The van der Waals surface area contributed by atoms with E-state index >= 15 is 0 Å². The Balaban J connectivity index is 1.83. The minimum absolute atomic E-state index is 0.0471. The van der Waals surface area contributed by atoms with Gasteiger partial charge in [0.1, 0.15) is 17.8 Å². The van der Waals surface area contributed by atoms with Gasteiger partial charge in [-0.05, 0) is 6.92 Å². The molecule has 2 aliphatic rings. The molecule has 2 bridgehead atoms. The third-order valence-electron chi connectivity index (χ3n) is 4.37. The molecule has 5 atom stereocenters. The van der Waals surface area contributed by atoms with E-state index in [4.69, 9.17) is 15.2 Å². The van der Waals surface area contributed by atoms with E-state index in [-0.39, 0.29) is 23.7 Å². The Kier molecular flexibility index (Phi) is 2.64. The third-order valence-corrected chi connectivity index (χ3v) is 4.37. The zero-order valence-corrected chi connectivity index (χ0v) is 11.6. The van der Waals surface area contributed by atoms with Crippen molar-refractivity contribution >= 4 is 17.1 Å². The number of imidazole rings is 1. The van der Waals surface area contributed by atoms with Crippen molar-refractivity contribution in [3.63, 3.8) is 0 Å². The molecule has 2 aliphatic heterocycles. The molecule has 0 saturated carbocycles. The Morgan fingerprint density at radius 3 is 3.09 bits per heavy atom. The van der Waals surface area contributed by atoms with E-state index in [2.05, 4.69) is 15.0 Å². The number of aromatic amines is 1. The Labute approximate surface area is 123 Å². The second kappa shape index (κ2) is 4.26. The maximum Gasteiger partial charge on any atom is 0.280 e. The fourth-order valence-electron chi connectivity index (χ4n) is 3.13. The van der Waals surface area contributed by atoms with Crippen molar-refractivity contribution in [1.29, 1.82) is 0 Å². The summed E-state index contributed by atoms with van der Waals surface area (Å²) in [5.41, 5.74) is 4.25. The molecule has 22 heavy (non-hydrogen) atoms. The minimum atomic E-state index is -1.20. The van der Waals surface area contributed by atoms with Gasteiger partial charge in [0.15, 0.2) is 17.4 Å². The first-order chi connectivity index (χ1) is 10.4. The number of rotatable bonds is 2. The highest BCUT2D eigenvalue weighted by molar-refractivity contribution is 5.70. The van der Waals surface area contributed by atoms with Crippen LogP contribution in [-0.4, -0.2) is 60.3 Å². The van der Waals surface area contributed by atoms with Crippen LogP contribution >= 0.6 is 0 Å². The predicted octanol–water partition coefficient (Wildman–Crippen LogP) is -1.89. The topological polar surface area (TPSA) is 149 Å². The number of H-pyrrole nitrogens is 1. The summed E-state index contributed by atoms with van der Waals surface area (Å²) in [5, 5.41) is 20.3. The van der Waals surface area contributed by atoms with Crippen LogP contribution in [0.3, 0.4) is 0 Å². The SMILES string of the molecule is CC(O)[C@@]12CO[C@@H]([C@H](n3cnc4c(=O)[nH]c(N)nc43)O1)[C@@H]2O. The highest BCUT2D eigenvalue weighted by Gasteiger charge is 2.64. The van der Waals surface area contributed by atoms with E-state index in [0.29, 0.717) is 0 Å². The molecular formula is C12H15N5O5. The molecule has 0 aliphatic carbocycles. The molecule has 10 nitrogen and oxygen atoms in total. The number of aliphatic hydroxyl groups is 2. The number of nitrogens with two attached hydrogens (primary N) is 1. The molecule has 4 rings (SSSR count). The van der Waals surface area contributed by atoms with Gasteiger partial charge in [0.25, 0.3) is 5.56 Å². The molecule has 10 heteroatoms. The number of aliphatic hydroxyl groups excluding tert-OH is 2. The summed E-state index contributed by atoms with van der Waals surface area (Å²) < 4.78 is 12.9. The Morgan fingerprint density at radius 2 is 2.41 bits per heavy atom. The van der Waals surface area contributed by atoms with E-state index in [1.54, 1.807) is 0 Å².